The molecule has 1 heterocycles. The smallest absolute Gasteiger partial charge is 0.227 e. The molecule has 5 heteroatoms. The molecule has 198 valence electrons. The summed E-state index contributed by atoms with van der Waals surface area (Å²) in [5.74, 6) is 3.16. The molecule has 10 atom stereocenters. The Bertz CT molecular complexity index is 1030. The van der Waals surface area contributed by atoms with Gasteiger partial charge in [0, 0.05) is 12.1 Å². The summed E-state index contributed by atoms with van der Waals surface area (Å²) in [5, 5.41) is 22.1. The number of fused-ring (bicyclic) bond motifs is 6. The van der Waals surface area contributed by atoms with Crippen molar-refractivity contribution in [3.8, 4) is 0 Å². The van der Waals surface area contributed by atoms with Crippen molar-refractivity contribution in [2.24, 2.45) is 46.3 Å². The summed E-state index contributed by atoms with van der Waals surface area (Å²) >= 11 is 0. The Morgan fingerprint density at radius 1 is 1.11 bits per heavy atom. The highest BCUT2D eigenvalue weighted by Gasteiger charge is 2.63. The quantitative estimate of drug-likeness (QED) is 0.530. The first-order valence-electron chi connectivity index (χ1n) is 14.6. The second-order valence-electron chi connectivity index (χ2n) is 13.7. The average Bonchev–Trinajstić information content (AvgIpc) is 3.19. The lowest BCUT2D eigenvalue weighted by Crippen LogP contribution is -2.58. The molecule has 5 aliphatic rings. The van der Waals surface area contributed by atoms with Crippen molar-refractivity contribution < 1.29 is 19.4 Å². The SMILES string of the molecule is C[C@H](CCC(=O)N1Cc2cc(F)ccc21)[C@H]1CC[C@H]2[C@@H]3CC[C@@H]4C[C@H](O)CC[C@]4(C)[C@H]3C[C@H](O)[C@]12C. The van der Waals surface area contributed by atoms with Gasteiger partial charge in [-0.1, -0.05) is 20.8 Å². The molecule has 6 rings (SSSR count). The van der Waals surface area contributed by atoms with Crippen LogP contribution in [0.5, 0.6) is 0 Å². The number of rotatable bonds is 4. The lowest BCUT2D eigenvalue weighted by molar-refractivity contribution is -0.174. The summed E-state index contributed by atoms with van der Waals surface area (Å²) in [6.07, 6.45) is 9.64. The van der Waals surface area contributed by atoms with Crippen molar-refractivity contribution in [2.75, 3.05) is 4.90 Å². The number of benzene rings is 1. The highest BCUT2D eigenvalue weighted by atomic mass is 19.1. The highest BCUT2D eigenvalue weighted by molar-refractivity contribution is 5.97. The normalized spacial score (nSPS) is 44.1. The number of carbonyl (C=O) groups is 1. The molecule has 4 saturated carbocycles. The minimum Gasteiger partial charge on any atom is -0.393 e. The topological polar surface area (TPSA) is 60.8 Å². The van der Waals surface area contributed by atoms with Crippen LogP contribution in [0, 0.1) is 52.2 Å². The molecule has 0 unspecified atom stereocenters. The van der Waals surface area contributed by atoms with E-state index in [0.29, 0.717) is 48.5 Å². The fourth-order valence-electron chi connectivity index (χ4n) is 10.2. The van der Waals surface area contributed by atoms with Gasteiger partial charge in [0.1, 0.15) is 5.82 Å². The Balaban J connectivity index is 1.13. The summed E-state index contributed by atoms with van der Waals surface area (Å²) < 4.78 is 13.4. The summed E-state index contributed by atoms with van der Waals surface area (Å²) in [6.45, 7) is 7.65. The maximum atomic E-state index is 13.4. The molecule has 0 bridgehead atoms. The van der Waals surface area contributed by atoms with Gasteiger partial charge in [-0.2, -0.15) is 0 Å². The van der Waals surface area contributed by atoms with Crippen LogP contribution in [0.2, 0.25) is 0 Å². The average molecular weight is 498 g/mol. The number of anilines is 1. The second kappa shape index (κ2) is 8.80. The summed E-state index contributed by atoms with van der Waals surface area (Å²) in [7, 11) is 0. The van der Waals surface area contributed by atoms with E-state index in [1.54, 1.807) is 11.0 Å². The van der Waals surface area contributed by atoms with Crippen molar-refractivity contribution in [2.45, 2.75) is 104 Å². The standard InChI is InChI=1S/C31H44FNO3/c1-18(4-11-29(36)33-17-19-14-21(32)6-10-27(19)33)24-8-9-25-23-7-5-20-15-22(34)12-13-30(20,2)26(23)16-28(35)31(24,25)3/h6,10,14,18,20,22-26,28,34-35H,4-5,7-9,11-13,15-17H2,1-3H3/t18-,20-,22-,23+,24-,25+,26+,28+,30+,31-/m1/s1. The minimum atomic E-state index is -0.283. The van der Waals surface area contributed by atoms with Gasteiger partial charge in [0.2, 0.25) is 5.91 Å². The third kappa shape index (κ3) is 3.62. The van der Waals surface area contributed by atoms with Gasteiger partial charge in [0.05, 0.1) is 18.8 Å². The molecule has 1 aromatic carbocycles. The van der Waals surface area contributed by atoms with Gasteiger partial charge in [-0.05, 0) is 128 Å². The van der Waals surface area contributed by atoms with Gasteiger partial charge in [-0.25, -0.2) is 4.39 Å². The molecule has 0 aromatic heterocycles. The Kier molecular flexibility index (Phi) is 6.07. The molecular weight excluding hydrogens is 453 g/mol. The summed E-state index contributed by atoms with van der Waals surface area (Å²) in [6, 6.07) is 4.68. The maximum Gasteiger partial charge on any atom is 0.227 e. The molecule has 2 N–H and O–H groups in total. The number of nitrogens with zero attached hydrogens (tertiary/aromatic N) is 1. The largest absolute Gasteiger partial charge is 0.393 e. The zero-order valence-corrected chi connectivity index (χ0v) is 22.3. The number of halogens is 1. The third-order valence-corrected chi connectivity index (χ3v) is 12.3. The molecule has 4 aliphatic carbocycles. The minimum absolute atomic E-state index is 0.0676. The zero-order chi connectivity index (χ0) is 25.4. The van der Waals surface area contributed by atoms with Crippen LogP contribution in [0.1, 0.15) is 90.5 Å². The molecular formula is C31H44FNO3. The van der Waals surface area contributed by atoms with Crippen LogP contribution in [-0.2, 0) is 11.3 Å². The Morgan fingerprint density at radius 3 is 2.69 bits per heavy atom. The van der Waals surface area contributed by atoms with Crippen molar-refractivity contribution in [3.05, 3.63) is 29.6 Å². The number of amides is 1. The van der Waals surface area contributed by atoms with Crippen LogP contribution in [0.3, 0.4) is 0 Å². The number of hydrogen-bond acceptors (Lipinski definition) is 3. The van der Waals surface area contributed by atoms with E-state index in [2.05, 4.69) is 20.8 Å². The van der Waals surface area contributed by atoms with E-state index in [1.165, 1.54) is 31.4 Å². The molecule has 0 spiro atoms. The third-order valence-electron chi connectivity index (χ3n) is 12.3. The van der Waals surface area contributed by atoms with Crippen molar-refractivity contribution in [1.29, 1.82) is 0 Å². The van der Waals surface area contributed by atoms with Crippen LogP contribution in [-0.4, -0.2) is 28.3 Å². The first kappa shape index (κ1) is 24.9. The lowest BCUT2D eigenvalue weighted by Gasteiger charge is -2.62. The predicted molar refractivity (Wildman–Crippen MR) is 139 cm³/mol. The number of hydrogen-bond donors (Lipinski definition) is 2. The van der Waals surface area contributed by atoms with Crippen LogP contribution in [0.15, 0.2) is 18.2 Å². The second-order valence-corrected chi connectivity index (χ2v) is 13.7. The fraction of sp³-hybridized carbons (Fsp3) is 0.774. The van der Waals surface area contributed by atoms with Crippen LogP contribution < -0.4 is 4.90 Å². The predicted octanol–water partition coefficient (Wildman–Crippen LogP) is 6.08. The van der Waals surface area contributed by atoms with Gasteiger partial charge >= 0.3 is 0 Å². The van der Waals surface area contributed by atoms with E-state index >= 15 is 0 Å². The van der Waals surface area contributed by atoms with Gasteiger partial charge in [0.15, 0.2) is 0 Å². The Morgan fingerprint density at radius 2 is 1.92 bits per heavy atom. The highest BCUT2D eigenvalue weighted by Crippen LogP contribution is 2.68. The molecule has 0 saturated heterocycles. The van der Waals surface area contributed by atoms with E-state index < -0.39 is 0 Å². The van der Waals surface area contributed by atoms with Crippen LogP contribution in [0.25, 0.3) is 0 Å². The van der Waals surface area contributed by atoms with Crippen LogP contribution in [0.4, 0.5) is 10.1 Å². The van der Waals surface area contributed by atoms with Crippen molar-refractivity contribution >= 4 is 11.6 Å². The Labute approximate surface area is 215 Å². The molecule has 1 aliphatic heterocycles. The molecule has 4 fully saturated rings. The van der Waals surface area contributed by atoms with Gasteiger partial charge in [-0.3, -0.25) is 4.79 Å². The van der Waals surface area contributed by atoms with Crippen LogP contribution >= 0.6 is 0 Å². The summed E-state index contributed by atoms with van der Waals surface area (Å²) in [5.41, 5.74) is 1.96. The fourth-order valence-corrected chi connectivity index (χ4v) is 10.2. The van der Waals surface area contributed by atoms with E-state index in [9.17, 15) is 19.4 Å². The monoisotopic (exact) mass is 497 g/mol. The lowest BCUT2D eigenvalue weighted by atomic mass is 9.43. The first-order valence-corrected chi connectivity index (χ1v) is 14.6. The molecule has 1 aromatic rings. The van der Waals surface area contributed by atoms with E-state index in [1.807, 2.05) is 0 Å². The summed E-state index contributed by atoms with van der Waals surface area (Å²) in [4.78, 5) is 14.8. The maximum absolute atomic E-state index is 13.4. The van der Waals surface area contributed by atoms with E-state index in [-0.39, 0.29) is 34.8 Å². The number of carbonyl (C=O) groups excluding carboxylic acids is 1. The molecule has 1 amide bonds. The Hall–Kier alpha value is -1.46. The van der Waals surface area contributed by atoms with Crippen molar-refractivity contribution in [3.63, 3.8) is 0 Å². The number of aliphatic hydroxyl groups is 2. The molecule has 36 heavy (non-hydrogen) atoms. The van der Waals surface area contributed by atoms with Gasteiger partial charge < -0.3 is 15.1 Å². The van der Waals surface area contributed by atoms with Gasteiger partial charge in [0.25, 0.3) is 0 Å². The number of aliphatic hydroxyl groups excluding tert-OH is 2. The van der Waals surface area contributed by atoms with Gasteiger partial charge in [-0.15, -0.1) is 0 Å². The molecule has 4 nitrogen and oxygen atoms in total. The first-order chi connectivity index (χ1) is 17.1. The van der Waals surface area contributed by atoms with E-state index in [4.69, 9.17) is 0 Å². The van der Waals surface area contributed by atoms with E-state index in [0.717, 1.165) is 49.8 Å². The zero-order valence-electron chi connectivity index (χ0n) is 22.3. The van der Waals surface area contributed by atoms with Crippen molar-refractivity contribution in [1.82, 2.24) is 0 Å². The molecule has 0 radical (unpaired) electrons.